The first-order valence-electron chi connectivity index (χ1n) is 5.68. The van der Waals surface area contributed by atoms with Crippen molar-refractivity contribution >= 4 is 44.7 Å². The van der Waals surface area contributed by atoms with Gasteiger partial charge in [0.2, 0.25) is 0 Å². The van der Waals surface area contributed by atoms with Crippen LogP contribution < -0.4 is 5.73 Å². The lowest BCUT2D eigenvalue weighted by Gasteiger charge is -2.08. The molecule has 2 rings (SSSR count). The maximum atomic E-state index is 6.25. The Morgan fingerprint density at radius 2 is 2.16 bits per heavy atom. The second-order valence-electron chi connectivity index (χ2n) is 4.31. The van der Waals surface area contributed by atoms with Gasteiger partial charge in [-0.2, -0.15) is 5.10 Å². The molecule has 1 heterocycles. The summed E-state index contributed by atoms with van der Waals surface area (Å²) < 4.78 is 2.95. The Bertz CT molecular complexity index is 652. The molecule has 0 spiro atoms. The van der Waals surface area contributed by atoms with E-state index in [-0.39, 0.29) is 0 Å². The van der Waals surface area contributed by atoms with Crippen LogP contribution in [0.15, 0.2) is 22.7 Å². The number of thiocarbonyl (C=S) groups is 1. The van der Waals surface area contributed by atoms with E-state index < -0.39 is 0 Å². The third kappa shape index (κ3) is 2.99. The highest BCUT2D eigenvalue weighted by Gasteiger charge is 2.11. The van der Waals surface area contributed by atoms with Gasteiger partial charge in [-0.1, -0.05) is 36.0 Å². The molecule has 6 heteroatoms. The molecule has 0 fully saturated rings. The van der Waals surface area contributed by atoms with Gasteiger partial charge in [-0.25, -0.2) is 0 Å². The molecule has 1 aromatic heterocycles. The van der Waals surface area contributed by atoms with Crippen molar-refractivity contribution in [2.45, 2.75) is 20.4 Å². The standard InChI is InChI=1S/C13H13BrClN3S/c1-7-12(14)8(2)18(17-7)6-10-4-3-9(13(16)19)5-11(10)15/h3-5H,6H2,1-2H3,(H2,16,19). The molecular weight excluding hydrogens is 346 g/mol. The summed E-state index contributed by atoms with van der Waals surface area (Å²) in [6, 6.07) is 5.60. The van der Waals surface area contributed by atoms with Crippen LogP contribution in [-0.4, -0.2) is 14.8 Å². The second-order valence-corrected chi connectivity index (χ2v) is 5.95. The summed E-state index contributed by atoms with van der Waals surface area (Å²) in [6.45, 7) is 4.60. The highest BCUT2D eigenvalue weighted by Crippen LogP contribution is 2.23. The van der Waals surface area contributed by atoms with Crippen LogP contribution in [0.3, 0.4) is 0 Å². The molecule has 0 radical (unpaired) electrons. The van der Waals surface area contributed by atoms with Gasteiger partial charge in [0.15, 0.2) is 0 Å². The Kier molecular flexibility index (Phi) is 4.28. The molecule has 0 saturated heterocycles. The Balaban J connectivity index is 2.33. The van der Waals surface area contributed by atoms with Crippen molar-refractivity contribution in [1.29, 1.82) is 0 Å². The summed E-state index contributed by atoms with van der Waals surface area (Å²) in [4.78, 5) is 0.349. The van der Waals surface area contributed by atoms with Crippen LogP contribution >= 0.6 is 39.7 Å². The Labute approximate surface area is 130 Å². The molecule has 2 N–H and O–H groups in total. The van der Waals surface area contributed by atoms with Crippen molar-refractivity contribution in [2.75, 3.05) is 0 Å². The Morgan fingerprint density at radius 1 is 1.47 bits per heavy atom. The largest absolute Gasteiger partial charge is 0.389 e. The van der Waals surface area contributed by atoms with Crippen LogP contribution in [0.5, 0.6) is 0 Å². The van der Waals surface area contributed by atoms with Crippen molar-refractivity contribution in [3.8, 4) is 0 Å². The Morgan fingerprint density at radius 3 is 2.63 bits per heavy atom. The maximum absolute atomic E-state index is 6.25. The summed E-state index contributed by atoms with van der Waals surface area (Å²) in [5.74, 6) is 0. The molecule has 100 valence electrons. The third-order valence-corrected chi connectivity index (χ3v) is 4.69. The van der Waals surface area contributed by atoms with E-state index in [1.54, 1.807) is 6.07 Å². The van der Waals surface area contributed by atoms with Gasteiger partial charge < -0.3 is 5.73 Å². The average molecular weight is 359 g/mol. The average Bonchev–Trinajstić information content (AvgIpc) is 2.59. The zero-order valence-corrected chi connectivity index (χ0v) is 13.7. The van der Waals surface area contributed by atoms with E-state index >= 15 is 0 Å². The van der Waals surface area contributed by atoms with Gasteiger partial charge in [0, 0.05) is 10.6 Å². The topological polar surface area (TPSA) is 43.8 Å². The smallest absolute Gasteiger partial charge is 0.104 e. The van der Waals surface area contributed by atoms with Crippen molar-refractivity contribution in [1.82, 2.24) is 9.78 Å². The normalized spacial score (nSPS) is 10.7. The lowest BCUT2D eigenvalue weighted by molar-refractivity contribution is 0.659. The number of rotatable bonds is 3. The fourth-order valence-electron chi connectivity index (χ4n) is 1.82. The summed E-state index contributed by atoms with van der Waals surface area (Å²) in [5, 5.41) is 5.11. The molecule has 3 nitrogen and oxygen atoms in total. The number of halogens is 2. The van der Waals surface area contributed by atoms with Gasteiger partial charge in [-0.05, 0) is 41.4 Å². The molecular formula is C13H13BrClN3S. The molecule has 0 unspecified atom stereocenters. The van der Waals surface area contributed by atoms with Crippen molar-refractivity contribution < 1.29 is 0 Å². The van der Waals surface area contributed by atoms with Crippen LogP contribution in [0.25, 0.3) is 0 Å². The Hall–Kier alpha value is -0.910. The highest BCUT2D eigenvalue weighted by atomic mass is 79.9. The number of hydrogen-bond donors (Lipinski definition) is 1. The molecule has 19 heavy (non-hydrogen) atoms. The van der Waals surface area contributed by atoms with Gasteiger partial charge in [-0.3, -0.25) is 4.68 Å². The first-order valence-corrected chi connectivity index (χ1v) is 7.26. The van der Waals surface area contributed by atoms with Gasteiger partial charge >= 0.3 is 0 Å². The molecule has 0 aliphatic rings. The molecule has 0 bridgehead atoms. The molecule has 1 aromatic carbocycles. The quantitative estimate of drug-likeness (QED) is 0.853. The van der Waals surface area contributed by atoms with Gasteiger partial charge in [0.05, 0.1) is 22.4 Å². The monoisotopic (exact) mass is 357 g/mol. The number of aromatic nitrogens is 2. The number of nitrogens with zero attached hydrogens (tertiary/aromatic N) is 2. The molecule has 0 saturated carbocycles. The van der Waals surface area contributed by atoms with E-state index in [0.29, 0.717) is 16.6 Å². The van der Waals surface area contributed by atoms with E-state index in [4.69, 9.17) is 29.6 Å². The fourth-order valence-corrected chi connectivity index (χ4v) is 2.47. The number of benzene rings is 1. The van der Waals surface area contributed by atoms with Crippen molar-refractivity contribution in [3.63, 3.8) is 0 Å². The maximum Gasteiger partial charge on any atom is 0.104 e. The minimum Gasteiger partial charge on any atom is -0.389 e. The minimum atomic E-state index is 0.349. The predicted octanol–water partition coefficient (Wildman–Crippen LogP) is 3.60. The molecule has 0 aliphatic heterocycles. The van der Waals surface area contributed by atoms with Crippen LogP contribution in [-0.2, 0) is 6.54 Å². The van der Waals surface area contributed by atoms with E-state index in [1.165, 1.54) is 0 Å². The predicted molar refractivity (Wildman–Crippen MR) is 85.8 cm³/mol. The summed E-state index contributed by atoms with van der Waals surface area (Å²) in [7, 11) is 0. The van der Waals surface area contributed by atoms with Crippen LogP contribution in [0, 0.1) is 13.8 Å². The van der Waals surface area contributed by atoms with Gasteiger partial charge in [0.25, 0.3) is 0 Å². The van der Waals surface area contributed by atoms with Crippen molar-refractivity contribution in [3.05, 3.63) is 50.2 Å². The molecule has 0 amide bonds. The number of nitrogens with two attached hydrogens (primary N) is 1. The minimum absolute atomic E-state index is 0.349. The summed E-state index contributed by atoms with van der Waals surface area (Å²) >= 11 is 14.7. The van der Waals surface area contributed by atoms with E-state index in [0.717, 1.165) is 27.0 Å². The second kappa shape index (κ2) is 5.61. The van der Waals surface area contributed by atoms with Gasteiger partial charge in [0.1, 0.15) is 4.99 Å². The number of hydrogen-bond acceptors (Lipinski definition) is 2. The zero-order chi connectivity index (χ0) is 14.2. The first-order chi connectivity index (χ1) is 8.90. The lowest BCUT2D eigenvalue weighted by atomic mass is 10.1. The lowest BCUT2D eigenvalue weighted by Crippen LogP contribution is -2.10. The summed E-state index contributed by atoms with van der Waals surface area (Å²) in [6.07, 6.45) is 0. The van der Waals surface area contributed by atoms with E-state index in [2.05, 4.69) is 21.0 Å². The van der Waals surface area contributed by atoms with Crippen molar-refractivity contribution in [2.24, 2.45) is 5.73 Å². The zero-order valence-electron chi connectivity index (χ0n) is 10.6. The van der Waals surface area contributed by atoms with Crippen LogP contribution in [0.1, 0.15) is 22.5 Å². The summed E-state index contributed by atoms with van der Waals surface area (Å²) in [5.41, 5.74) is 9.39. The highest BCUT2D eigenvalue weighted by molar-refractivity contribution is 9.10. The molecule has 2 aromatic rings. The number of aryl methyl sites for hydroxylation is 1. The van der Waals surface area contributed by atoms with E-state index in [1.807, 2.05) is 30.7 Å². The molecule has 0 atom stereocenters. The van der Waals surface area contributed by atoms with E-state index in [9.17, 15) is 0 Å². The van der Waals surface area contributed by atoms with Crippen LogP contribution in [0.4, 0.5) is 0 Å². The first kappa shape index (κ1) is 14.5. The third-order valence-electron chi connectivity index (χ3n) is 2.95. The fraction of sp³-hybridized carbons (Fsp3) is 0.231. The molecule has 0 aliphatic carbocycles. The SMILES string of the molecule is Cc1nn(Cc2ccc(C(N)=S)cc2Cl)c(C)c1Br. The van der Waals surface area contributed by atoms with Gasteiger partial charge in [-0.15, -0.1) is 0 Å². The van der Waals surface area contributed by atoms with Crippen LogP contribution in [0.2, 0.25) is 5.02 Å².